The van der Waals surface area contributed by atoms with Crippen molar-refractivity contribution in [1.82, 2.24) is 15.1 Å². The van der Waals surface area contributed by atoms with Gasteiger partial charge in [0.15, 0.2) is 5.96 Å². The van der Waals surface area contributed by atoms with Crippen LogP contribution in [0.5, 0.6) is 0 Å². The number of rotatable bonds is 5. The van der Waals surface area contributed by atoms with E-state index in [0.29, 0.717) is 5.91 Å². The Balaban J connectivity index is 1.76. The fraction of sp³-hybridized carbons (Fsp3) is 0.875. The Labute approximate surface area is 128 Å². The molecule has 0 aromatic carbocycles. The lowest BCUT2D eigenvalue weighted by atomic mass is 10.00. The van der Waals surface area contributed by atoms with Crippen LogP contribution in [-0.2, 0) is 4.79 Å². The summed E-state index contributed by atoms with van der Waals surface area (Å²) in [7, 11) is 0. The molecule has 21 heavy (non-hydrogen) atoms. The van der Waals surface area contributed by atoms with E-state index in [1.165, 1.54) is 12.8 Å². The molecule has 0 saturated carbocycles. The Bertz CT molecular complexity index is 361. The predicted molar refractivity (Wildman–Crippen MR) is 86.4 cm³/mol. The molecular formula is C16H30N4O. The molecule has 5 nitrogen and oxygen atoms in total. The first-order chi connectivity index (χ1) is 10.2. The molecule has 2 rings (SSSR count). The van der Waals surface area contributed by atoms with E-state index < -0.39 is 0 Å². The van der Waals surface area contributed by atoms with Crippen LogP contribution < -0.4 is 5.32 Å². The van der Waals surface area contributed by atoms with E-state index in [-0.39, 0.29) is 0 Å². The summed E-state index contributed by atoms with van der Waals surface area (Å²) in [6, 6.07) is 0. The van der Waals surface area contributed by atoms with Crippen LogP contribution in [0.25, 0.3) is 0 Å². The van der Waals surface area contributed by atoms with Crippen LogP contribution in [-0.4, -0.2) is 60.9 Å². The fourth-order valence-corrected chi connectivity index (χ4v) is 3.03. The van der Waals surface area contributed by atoms with Crippen molar-refractivity contribution in [3.63, 3.8) is 0 Å². The molecule has 1 N–H and O–H groups in total. The number of guanidine groups is 1. The summed E-state index contributed by atoms with van der Waals surface area (Å²) in [6.07, 6.45) is 5.23. The molecule has 2 fully saturated rings. The Morgan fingerprint density at radius 2 is 2.10 bits per heavy atom. The second kappa shape index (κ2) is 8.25. The predicted octanol–water partition coefficient (Wildman–Crippen LogP) is 1.70. The molecule has 2 aliphatic rings. The van der Waals surface area contributed by atoms with Crippen LogP contribution >= 0.6 is 0 Å². The number of hydrogen-bond donors (Lipinski definition) is 1. The molecule has 0 aromatic rings. The van der Waals surface area contributed by atoms with Gasteiger partial charge in [-0.15, -0.1) is 0 Å². The first-order valence-electron chi connectivity index (χ1n) is 8.51. The standard InChI is InChI=1S/C16H30N4O/c1-3-17-16(20-12-7-14(2)8-13-20)18-9-5-11-19-10-4-6-15(19)21/h14H,3-13H2,1-2H3,(H,17,18). The van der Waals surface area contributed by atoms with Crippen molar-refractivity contribution in [3.05, 3.63) is 0 Å². The average molecular weight is 294 g/mol. The lowest BCUT2D eigenvalue weighted by Gasteiger charge is -2.33. The van der Waals surface area contributed by atoms with E-state index in [9.17, 15) is 4.79 Å². The van der Waals surface area contributed by atoms with Gasteiger partial charge in [0.25, 0.3) is 0 Å². The molecule has 2 saturated heterocycles. The minimum atomic E-state index is 0.316. The van der Waals surface area contributed by atoms with Crippen molar-refractivity contribution in [2.24, 2.45) is 10.9 Å². The number of carbonyl (C=O) groups is 1. The van der Waals surface area contributed by atoms with E-state index in [4.69, 9.17) is 4.99 Å². The summed E-state index contributed by atoms with van der Waals surface area (Å²) in [5, 5.41) is 3.40. The van der Waals surface area contributed by atoms with Gasteiger partial charge in [0, 0.05) is 45.7 Å². The van der Waals surface area contributed by atoms with Gasteiger partial charge in [-0.25, -0.2) is 0 Å². The molecular weight excluding hydrogens is 264 g/mol. The number of aliphatic imine (C=N–C) groups is 1. The number of amides is 1. The van der Waals surface area contributed by atoms with Crippen molar-refractivity contribution in [2.75, 3.05) is 39.3 Å². The van der Waals surface area contributed by atoms with Crippen molar-refractivity contribution in [2.45, 2.75) is 46.0 Å². The molecule has 0 aromatic heterocycles. The van der Waals surface area contributed by atoms with E-state index in [2.05, 4.69) is 24.1 Å². The number of piperidine rings is 1. The highest BCUT2D eigenvalue weighted by atomic mass is 16.2. The smallest absolute Gasteiger partial charge is 0.222 e. The van der Waals surface area contributed by atoms with Crippen LogP contribution in [0.1, 0.15) is 46.0 Å². The van der Waals surface area contributed by atoms with Crippen LogP contribution in [0, 0.1) is 5.92 Å². The van der Waals surface area contributed by atoms with Gasteiger partial charge in [0.2, 0.25) is 5.91 Å². The Morgan fingerprint density at radius 1 is 1.33 bits per heavy atom. The van der Waals surface area contributed by atoms with Crippen molar-refractivity contribution in [3.8, 4) is 0 Å². The molecule has 120 valence electrons. The van der Waals surface area contributed by atoms with E-state index in [1.807, 2.05) is 4.90 Å². The number of carbonyl (C=O) groups excluding carboxylic acids is 1. The topological polar surface area (TPSA) is 47.9 Å². The lowest BCUT2D eigenvalue weighted by molar-refractivity contribution is -0.127. The molecule has 2 heterocycles. The normalized spacial score (nSPS) is 21.2. The molecule has 0 aliphatic carbocycles. The Morgan fingerprint density at radius 3 is 2.71 bits per heavy atom. The van der Waals surface area contributed by atoms with Crippen LogP contribution in [0.15, 0.2) is 4.99 Å². The number of hydrogen-bond acceptors (Lipinski definition) is 2. The third-order valence-corrected chi connectivity index (χ3v) is 4.44. The van der Waals surface area contributed by atoms with Crippen molar-refractivity contribution < 1.29 is 4.79 Å². The summed E-state index contributed by atoms with van der Waals surface area (Å²) in [5.41, 5.74) is 0. The molecule has 0 unspecified atom stereocenters. The van der Waals surface area contributed by atoms with Gasteiger partial charge in [0.05, 0.1) is 0 Å². The molecule has 0 radical (unpaired) electrons. The zero-order chi connectivity index (χ0) is 15.1. The fourth-order valence-electron chi connectivity index (χ4n) is 3.03. The monoisotopic (exact) mass is 294 g/mol. The summed E-state index contributed by atoms with van der Waals surface area (Å²) in [6.45, 7) is 10.2. The lowest BCUT2D eigenvalue weighted by Crippen LogP contribution is -2.45. The van der Waals surface area contributed by atoms with E-state index >= 15 is 0 Å². The maximum absolute atomic E-state index is 11.6. The SMILES string of the molecule is CCNC(=NCCCN1CCCC1=O)N1CCC(C)CC1. The van der Waals surface area contributed by atoms with E-state index in [1.54, 1.807) is 0 Å². The van der Waals surface area contributed by atoms with Gasteiger partial charge >= 0.3 is 0 Å². The van der Waals surface area contributed by atoms with Gasteiger partial charge in [-0.05, 0) is 38.5 Å². The first kappa shape index (κ1) is 16.1. The van der Waals surface area contributed by atoms with Gasteiger partial charge in [-0.3, -0.25) is 9.79 Å². The van der Waals surface area contributed by atoms with Gasteiger partial charge in [-0.1, -0.05) is 6.92 Å². The summed E-state index contributed by atoms with van der Waals surface area (Å²) < 4.78 is 0. The molecule has 0 atom stereocenters. The summed E-state index contributed by atoms with van der Waals surface area (Å²) >= 11 is 0. The van der Waals surface area contributed by atoms with Crippen LogP contribution in [0.4, 0.5) is 0 Å². The summed E-state index contributed by atoms with van der Waals surface area (Å²) in [4.78, 5) is 20.7. The zero-order valence-electron chi connectivity index (χ0n) is 13.6. The van der Waals surface area contributed by atoms with Crippen molar-refractivity contribution >= 4 is 11.9 Å². The second-order valence-electron chi connectivity index (χ2n) is 6.24. The first-order valence-corrected chi connectivity index (χ1v) is 8.51. The Kier molecular flexibility index (Phi) is 6.33. The maximum Gasteiger partial charge on any atom is 0.222 e. The molecule has 5 heteroatoms. The highest BCUT2D eigenvalue weighted by Crippen LogP contribution is 2.16. The van der Waals surface area contributed by atoms with Crippen LogP contribution in [0.3, 0.4) is 0 Å². The third-order valence-electron chi connectivity index (χ3n) is 4.44. The molecule has 2 aliphatic heterocycles. The molecule has 0 spiro atoms. The number of nitrogens with zero attached hydrogens (tertiary/aromatic N) is 3. The second-order valence-corrected chi connectivity index (χ2v) is 6.24. The van der Waals surface area contributed by atoms with Gasteiger partial charge in [-0.2, -0.15) is 0 Å². The minimum absolute atomic E-state index is 0.316. The van der Waals surface area contributed by atoms with Gasteiger partial charge in [0.1, 0.15) is 0 Å². The largest absolute Gasteiger partial charge is 0.357 e. The van der Waals surface area contributed by atoms with Crippen molar-refractivity contribution in [1.29, 1.82) is 0 Å². The third kappa shape index (κ3) is 4.90. The highest BCUT2D eigenvalue weighted by molar-refractivity contribution is 5.80. The average Bonchev–Trinajstić information content (AvgIpc) is 2.89. The maximum atomic E-state index is 11.6. The van der Waals surface area contributed by atoms with Gasteiger partial charge < -0.3 is 15.1 Å². The minimum Gasteiger partial charge on any atom is -0.357 e. The van der Waals surface area contributed by atoms with E-state index in [0.717, 1.165) is 70.4 Å². The Hall–Kier alpha value is -1.26. The highest BCUT2D eigenvalue weighted by Gasteiger charge is 2.20. The summed E-state index contributed by atoms with van der Waals surface area (Å²) in [5.74, 6) is 2.21. The molecule has 1 amide bonds. The number of likely N-dealkylation sites (tertiary alicyclic amines) is 2. The number of nitrogens with one attached hydrogen (secondary N) is 1. The quantitative estimate of drug-likeness (QED) is 0.477. The zero-order valence-corrected chi connectivity index (χ0v) is 13.6. The molecule has 0 bridgehead atoms. The van der Waals surface area contributed by atoms with Crippen LogP contribution in [0.2, 0.25) is 0 Å².